The first-order chi connectivity index (χ1) is 16.9. The Labute approximate surface area is 205 Å². The molecule has 1 aliphatic rings. The number of halogens is 4. The summed E-state index contributed by atoms with van der Waals surface area (Å²) < 4.78 is 55.6. The molecule has 0 saturated carbocycles. The van der Waals surface area contributed by atoms with Gasteiger partial charge in [0.05, 0.1) is 30.5 Å². The number of benzene rings is 2. The number of aromatic nitrogens is 2. The molecule has 0 bridgehead atoms. The topological polar surface area (TPSA) is 45.8 Å². The average molecular weight is 502 g/mol. The molecule has 2 aromatic carbocycles. The second-order valence-corrected chi connectivity index (χ2v) is 8.92. The van der Waals surface area contributed by atoms with E-state index in [-0.39, 0.29) is 17.7 Å². The molecule has 0 N–H and O–H groups in total. The summed E-state index contributed by atoms with van der Waals surface area (Å²) >= 11 is 1.57. The molecule has 2 heterocycles. The molecule has 0 saturated heterocycles. The van der Waals surface area contributed by atoms with Crippen LogP contribution in [-0.4, -0.2) is 39.6 Å². The molecule has 3 aromatic rings. The molecule has 0 aliphatic carbocycles. The van der Waals surface area contributed by atoms with E-state index in [1.54, 1.807) is 16.5 Å². The van der Waals surface area contributed by atoms with Crippen LogP contribution < -0.4 is 4.31 Å². The van der Waals surface area contributed by atoms with Crippen LogP contribution in [0, 0.1) is 0 Å². The van der Waals surface area contributed by atoms with Crippen LogP contribution in [0.1, 0.15) is 23.2 Å². The van der Waals surface area contributed by atoms with Gasteiger partial charge in [0.2, 0.25) is 0 Å². The minimum atomic E-state index is -2.63. The second-order valence-electron chi connectivity index (χ2n) is 7.82. The molecule has 4 rings (SSSR count). The van der Waals surface area contributed by atoms with Gasteiger partial charge in [0, 0.05) is 30.0 Å². The van der Waals surface area contributed by atoms with E-state index in [1.165, 1.54) is 12.5 Å². The van der Waals surface area contributed by atoms with Gasteiger partial charge in [0.1, 0.15) is 5.71 Å². The van der Waals surface area contributed by atoms with Gasteiger partial charge in [-0.2, -0.15) is 10.2 Å². The van der Waals surface area contributed by atoms with Crippen molar-refractivity contribution in [3.63, 3.8) is 0 Å². The number of allylic oxidation sites excluding steroid dienone is 1. The normalized spacial score (nSPS) is 13.3. The van der Waals surface area contributed by atoms with E-state index in [9.17, 15) is 17.6 Å². The Balaban J connectivity index is 1.41. The Morgan fingerprint density at radius 2 is 1.77 bits per heavy atom. The molecule has 0 unspecified atom stereocenters. The maximum atomic E-state index is 13.1. The molecule has 0 atom stereocenters. The number of imidazole rings is 1. The number of anilines is 1. The average Bonchev–Trinajstić information content (AvgIpc) is 3.54. The highest BCUT2D eigenvalue weighted by atomic mass is 32.2. The van der Waals surface area contributed by atoms with Crippen LogP contribution in [-0.2, 0) is 13.1 Å². The highest BCUT2D eigenvalue weighted by Gasteiger charge is 2.22. The molecule has 5 nitrogen and oxygen atoms in total. The van der Waals surface area contributed by atoms with Gasteiger partial charge < -0.3 is 8.87 Å². The van der Waals surface area contributed by atoms with Gasteiger partial charge in [-0.05, 0) is 35.2 Å². The molecule has 0 radical (unpaired) electrons. The predicted octanol–water partition coefficient (Wildman–Crippen LogP) is 6.33. The van der Waals surface area contributed by atoms with Crippen molar-refractivity contribution in [1.82, 2.24) is 9.55 Å². The zero-order valence-electron chi connectivity index (χ0n) is 18.7. The fourth-order valence-corrected chi connectivity index (χ4v) is 4.56. The third-order valence-corrected chi connectivity index (χ3v) is 6.46. The third kappa shape index (κ3) is 6.19. The molecule has 0 fully saturated rings. The van der Waals surface area contributed by atoms with Gasteiger partial charge in [0.15, 0.2) is 0 Å². The monoisotopic (exact) mass is 501 g/mol. The molecule has 1 aliphatic heterocycles. The zero-order valence-corrected chi connectivity index (χ0v) is 19.5. The van der Waals surface area contributed by atoms with Crippen LogP contribution in [0.2, 0.25) is 0 Å². The lowest BCUT2D eigenvalue weighted by molar-refractivity contribution is 0.214. The third-order valence-electron chi connectivity index (χ3n) is 5.44. The molecule has 0 spiro atoms. The smallest absolute Gasteiger partial charge is 0.278 e. The molecule has 1 aromatic heterocycles. The number of rotatable bonds is 11. The number of hydrogen-bond acceptors (Lipinski definition) is 5. The summed E-state index contributed by atoms with van der Waals surface area (Å²) in [5.74, 6) is 0.622. The Bertz CT molecular complexity index is 1210. The lowest BCUT2D eigenvalue weighted by Crippen LogP contribution is -2.17. The number of aryl methyl sites for hydroxylation is 1. The van der Waals surface area contributed by atoms with Gasteiger partial charge in [-0.25, -0.2) is 22.5 Å². The minimum absolute atomic E-state index is 0.0528. The summed E-state index contributed by atoms with van der Waals surface area (Å²) in [6, 6.07) is 17.4. The van der Waals surface area contributed by atoms with Crippen LogP contribution in [0.25, 0.3) is 5.57 Å². The van der Waals surface area contributed by atoms with Crippen molar-refractivity contribution in [2.24, 2.45) is 10.2 Å². The van der Waals surface area contributed by atoms with E-state index in [2.05, 4.69) is 26.1 Å². The second kappa shape index (κ2) is 11.4. The Morgan fingerprint density at radius 3 is 2.43 bits per heavy atom. The summed E-state index contributed by atoms with van der Waals surface area (Å²) in [6.07, 6.45) is -2.25. The van der Waals surface area contributed by atoms with E-state index >= 15 is 0 Å². The molecule has 0 amide bonds. The van der Waals surface area contributed by atoms with E-state index in [0.29, 0.717) is 30.2 Å². The summed E-state index contributed by atoms with van der Waals surface area (Å²) in [5.41, 5.74) is 3.19. The Hall–Kier alpha value is -3.40. The predicted molar refractivity (Wildman–Crippen MR) is 133 cm³/mol. The number of alkyl halides is 4. The first-order valence-electron chi connectivity index (χ1n) is 10.9. The number of para-hydroxylation sites is 1. The highest BCUT2D eigenvalue weighted by Crippen LogP contribution is 2.27. The van der Waals surface area contributed by atoms with E-state index < -0.39 is 12.9 Å². The van der Waals surface area contributed by atoms with E-state index in [0.717, 1.165) is 16.8 Å². The van der Waals surface area contributed by atoms with Gasteiger partial charge in [-0.1, -0.05) is 49.0 Å². The van der Waals surface area contributed by atoms with Gasteiger partial charge in [-0.15, -0.1) is 0 Å². The van der Waals surface area contributed by atoms with E-state index in [4.69, 9.17) is 0 Å². The summed E-state index contributed by atoms with van der Waals surface area (Å²) in [4.78, 5) is 3.99. The highest BCUT2D eigenvalue weighted by molar-refractivity contribution is 8.00. The van der Waals surface area contributed by atoms with Crippen LogP contribution in [0.4, 0.5) is 23.2 Å². The summed E-state index contributed by atoms with van der Waals surface area (Å²) in [5, 5.41) is 7.47. The SMILES string of the molecule is C=C(c1cncn1CCSN(Cc1ccc(C2=NN=C(C(F)F)C2)cc1)c1ccccc1)C(F)F. The maximum Gasteiger partial charge on any atom is 0.278 e. The quantitative estimate of drug-likeness (QED) is 0.228. The Morgan fingerprint density at radius 1 is 1.03 bits per heavy atom. The minimum Gasteiger partial charge on any atom is -0.330 e. The molecule has 35 heavy (non-hydrogen) atoms. The Kier molecular flexibility index (Phi) is 8.02. The lowest BCUT2D eigenvalue weighted by atomic mass is 10.0. The number of hydrogen-bond donors (Lipinski definition) is 0. The fraction of sp³-hybridized carbons (Fsp3) is 0.240. The first-order valence-corrected chi connectivity index (χ1v) is 11.8. The maximum absolute atomic E-state index is 13.1. The standard InChI is InChI=1S/C25H23F4N5S/c1-17(24(26)27)23-14-30-16-33(23)11-12-35-34(20-5-3-2-4-6-20)15-18-7-9-19(10-8-18)21-13-22(25(28)29)32-31-21/h2-10,14,16,24-25H,1,11-13,15H2. The van der Waals surface area contributed by atoms with Crippen molar-refractivity contribution in [1.29, 1.82) is 0 Å². The number of nitrogens with zero attached hydrogens (tertiary/aromatic N) is 5. The molecular weight excluding hydrogens is 478 g/mol. The van der Waals surface area contributed by atoms with Gasteiger partial charge in [0.25, 0.3) is 12.9 Å². The van der Waals surface area contributed by atoms with Gasteiger partial charge >= 0.3 is 0 Å². The van der Waals surface area contributed by atoms with Crippen molar-refractivity contribution in [3.05, 3.63) is 90.5 Å². The molecular formula is C25H23F4N5S. The fourth-order valence-electron chi connectivity index (χ4n) is 3.55. The van der Waals surface area contributed by atoms with Crippen molar-refractivity contribution >= 4 is 34.6 Å². The first kappa shape index (κ1) is 24.7. The summed E-state index contributed by atoms with van der Waals surface area (Å²) in [6.45, 7) is 4.54. The van der Waals surface area contributed by atoms with E-state index in [1.807, 2.05) is 54.6 Å². The zero-order chi connectivity index (χ0) is 24.8. The van der Waals surface area contributed by atoms with Crippen LogP contribution >= 0.6 is 11.9 Å². The molecule has 182 valence electrons. The van der Waals surface area contributed by atoms with Crippen LogP contribution in [0.15, 0.2) is 83.9 Å². The van der Waals surface area contributed by atoms with Crippen molar-refractivity contribution in [2.75, 3.05) is 10.1 Å². The van der Waals surface area contributed by atoms with Gasteiger partial charge in [-0.3, -0.25) is 0 Å². The van der Waals surface area contributed by atoms with Crippen LogP contribution in [0.5, 0.6) is 0 Å². The van der Waals surface area contributed by atoms with Crippen molar-refractivity contribution < 1.29 is 17.6 Å². The molecule has 10 heteroatoms. The lowest BCUT2D eigenvalue weighted by Gasteiger charge is -2.24. The largest absolute Gasteiger partial charge is 0.330 e. The van der Waals surface area contributed by atoms with Crippen LogP contribution in [0.3, 0.4) is 0 Å². The van der Waals surface area contributed by atoms with Crippen molar-refractivity contribution in [2.45, 2.75) is 32.4 Å². The van der Waals surface area contributed by atoms with Crippen molar-refractivity contribution in [3.8, 4) is 0 Å². The summed E-state index contributed by atoms with van der Waals surface area (Å²) in [7, 11) is 0.